The molecule has 1 heterocycles. The monoisotopic (exact) mass is 236 g/mol. The van der Waals surface area contributed by atoms with E-state index in [4.69, 9.17) is 5.11 Å². The highest BCUT2D eigenvalue weighted by Gasteiger charge is 1.96. The van der Waals surface area contributed by atoms with Crippen LogP contribution < -0.4 is 5.32 Å². The second kappa shape index (κ2) is 8.70. The van der Waals surface area contributed by atoms with E-state index in [1.54, 1.807) is 6.20 Å². The summed E-state index contributed by atoms with van der Waals surface area (Å²) in [5.74, 6) is -0.700. The Kier molecular flexibility index (Phi) is 6.98. The predicted octanol–water partition coefficient (Wildman–Crippen LogP) is 1.86. The van der Waals surface area contributed by atoms with Gasteiger partial charge in [0.15, 0.2) is 0 Å². The molecule has 0 fully saturated rings. The van der Waals surface area contributed by atoms with Crippen LogP contribution in [0, 0.1) is 0 Å². The van der Waals surface area contributed by atoms with E-state index >= 15 is 0 Å². The number of carboxylic acids is 1. The fourth-order valence-corrected chi connectivity index (χ4v) is 1.61. The molecule has 0 saturated carbocycles. The van der Waals surface area contributed by atoms with E-state index in [1.165, 1.54) is 5.56 Å². The summed E-state index contributed by atoms with van der Waals surface area (Å²) in [5.41, 5.74) is 1.24. The van der Waals surface area contributed by atoms with Gasteiger partial charge in [-0.15, -0.1) is 0 Å². The van der Waals surface area contributed by atoms with Crippen LogP contribution in [0.1, 0.15) is 31.2 Å². The normalized spacial score (nSPS) is 10.4. The molecule has 2 N–H and O–H groups in total. The van der Waals surface area contributed by atoms with E-state index in [2.05, 4.69) is 16.4 Å². The molecule has 0 aliphatic heterocycles. The van der Waals surface area contributed by atoms with E-state index in [9.17, 15) is 4.79 Å². The molecule has 1 rings (SSSR count). The first-order valence-corrected chi connectivity index (χ1v) is 6.10. The van der Waals surface area contributed by atoms with Gasteiger partial charge in [-0.3, -0.25) is 9.78 Å². The van der Waals surface area contributed by atoms with E-state index < -0.39 is 5.97 Å². The summed E-state index contributed by atoms with van der Waals surface area (Å²) in [4.78, 5) is 14.3. The molecule has 0 radical (unpaired) electrons. The van der Waals surface area contributed by atoms with Crippen molar-refractivity contribution in [3.8, 4) is 0 Å². The van der Waals surface area contributed by atoms with Crippen molar-refractivity contribution in [3.63, 3.8) is 0 Å². The summed E-state index contributed by atoms with van der Waals surface area (Å²) in [6.45, 7) is 1.91. The van der Waals surface area contributed by atoms with Gasteiger partial charge in [-0.05, 0) is 44.0 Å². The lowest BCUT2D eigenvalue weighted by molar-refractivity contribution is -0.137. The largest absolute Gasteiger partial charge is 0.481 e. The van der Waals surface area contributed by atoms with Crippen molar-refractivity contribution in [3.05, 3.63) is 30.1 Å². The number of nitrogens with zero attached hydrogens (tertiary/aromatic N) is 1. The highest BCUT2D eigenvalue weighted by molar-refractivity contribution is 5.66. The Hall–Kier alpha value is -1.42. The minimum absolute atomic E-state index is 0.287. The van der Waals surface area contributed by atoms with Crippen molar-refractivity contribution in [1.82, 2.24) is 10.3 Å². The van der Waals surface area contributed by atoms with Gasteiger partial charge in [-0.2, -0.15) is 0 Å². The average molecular weight is 236 g/mol. The topological polar surface area (TPSA) is 62.2 Å². The Morgan fingerprint density at radius 1 is 1.29 bits per heavy atom. The molecule has 0 spiro atoms. The summed E-state index contributed by atoms with van der Waals surface area (Å²) in [6, 6.07) is 4.02. The van der Waals surface area contributed by atoms with Gasteiger partial charge in [0.25, 0.3) is 0 Å². The molecule has 0 aliphatic carbocycles. The van der Waals surface area contributed by atoms with Crippen LogP contribution in [0.15, 0.2) is 24.5 Å². The van der Waals surface area contributed by atoms with Crippen molar-refractivity contribution in [1.29, 1.82) is 0 Å². The number of hydrogen-bond donors (Lipinski definition) is 2. The number of pyridine rings is 1. The van der Waals surface area contributed by atoms with Gasteiger partial charge in [0.1, 0.15) is 0 Å². The van der Waals surface area contributed by atoms with Crippen LogP contribution in [-0.4, -0.2) is 29.1 Å². The second-order valence-electron chi connectivity index (χ2n) is 4.07. The van der Waals surface area contributed by atoms with Crippen molar-refractivity contribution in [2.75, 3.05) is 13.1 Å². The van der Waals surface area contributed by atoms with Crippen LogP contribution >= 0.6 is 0 Å². The van der Waals surface area contributed by atoms with Crippen LogP contribution in [-0.2, 0) is 11.2 Å². The zero-order valence-corrected chi connectivity index (χ0v) is 10.1. The van der Waals surface area contributed by atoms with Gasteiger partial charge in [0, 0.05) is 18.8 Å². The SMILES string of the molecule is O=C(O)CCCCCNCCc1cccnc1. The number of aliphatic carboxylic acids is 1. The van der Waals surface area contributed by atoms with Crippen LogP contribution in [0.5, 0.6) is 0 Å². The maximum absolute atomic E-state index is 10.3. The van der Waals surface area contributed by atoms with Gasteiger partial charge in [-0.25, -0.2) is 0 Å². The van der Waals surface area contributed by atoms with Gasteiger partial charge in [0.05, 0.1) is 0 Å². The lowest BCUT2D eigenvalue weighted by Gasteiger charge is -2.04. The number of unbranched alkanes of at least 4 members (excludes halogenated alkanes) is 2. The molecule has 94 valence electrons. The van der Waals surface area contributed by atoms with Crippen molar-refractivity contribution >= 4 is 5.97 Å². The summed E-state index contributed by atoms with van der Waals surface area (Å²) in [6.07, 6.45) is 7.73. The van der Waals surface area contributed by atoms with E-state index in [0.717, 1.165) is 38.8 Å². The number of nitrogens with one attached hydrogen (secondary N) is 1. The molecule has 4 heteroatoms. The van der Waals surface area contributed by atoms with Crippen molar-refractivity contribution < 1.29 is 9.90 Å². The molecule has 0 amide bonds. The number of carbonyl (C=O) groups is 1. The zero-order valence-electron chi connectivity index (χ0n) is 10.1. The highest BCUT2D eigenvalue weighted by atomic mass is 16.4. The van der Waals surface area contributed by atoms with Gasteiger partial charge >= 0.3 is 5.97 Å². The molecule has 0 bridgehead atoms. The molecular weight excluding hydrogens is 216 g/mol. The molecular formula is C13H20N2O2. The van der Waals surface area contributed by atoms with Crippen LogP contribution in [0.2, 0.25) is 0 Å². The Bertz CT molecular complexity index is 314. The Morgan fingerprint density at radius 3 is 2.88 bits per heavy atom. The maximum atomic E-state index is 10.3. The van der Waals surface area contributed by atoms with E-state index in [0.29, 0.717) is 0 Å². The second-order valence-corrected chi connectivity index (χ2v) is 4.07. The third-order valence-electron chi connectivity index (χ3n) is 2.56. The lowest BCUT2D eigenvalue weighted by atomic mass is 10.2. The molecule has 1 aromatic rings. The fourth-order valence-electron chi connectivity index (χ4n) is 1.61. The average Bonchev–Trinajstić information content (AvgIpc) is 2.33. The first kappa shape index (κ1) is 13.6. The molecule has 0 aliphatic rings. The van der Waals surface area contributed by atoms with E-state index in [-0.39, 0.29) is 6.42 Å². The third kappa shape index (κ3) is 7.47. The standard InChI is InChI=1S/C13H20N2O2/c16-13(17)6-2-1-3-8-14-10-7-12-5-4-9-15-11-12/h4-5,9,11,14H,1-3,6-8,10H2,(H,16,17). The number of carboxylic acid groups (broad SMARTS) is 1. The van der Waals surface area contributed by atoms with Crippen LogP contribution in [0.4, 0.5) is 0 Å². The van der Waals surface area contributed by atoms with Crippen molar-refractivity contribution in [2.45, 2.75) is 32.1 Å². The summed E-state index contributed by atoms with van der Waals surface area (Å²) < 4.78 is 0. The molecule has 0 unspecified atom stereocenters. The molecule has 0 aromatic carbocycles. The van der Waals surface area contributed by atoms with Gasteiger partial charge in [-0.1, -0.05) is 12.5 Å². The fraction of sp³-hybridized carbons (Fsp3) is 0.538. The first-order chi connectivity index (χ1) is 8.29. The minimum Gasteiger partial charge on any atom is -0.481 e. The Labute approximate surface area is 102 Å². The molecule has 0 atom stereocenters. The van der Waals surface area contributed by atoms with Gasteiger partial charge in [0.2, 0.25) is 0 Å². The van der Waals surface area contributed by atoms with Crippen LogP contribution in [0.25, 0.3) is 0 Å². The maximum Gasteiger partial charge on any atom is 0.303 e. The summed E-state index contributed by atoms with van der Waals surface area (Å²) >= 11 is 0. The zero-order chi connectivity index (χ0) is 12.3. The molecule has 4 nitrogen and oxygen atoms in total. The predicted molar refractivity (Wildman–Crippen MR) is 66.9 cm³/mol. The van der Waals surface area contributed by atoms with Gasteiger partial charge < -0.3 is 10.4 Å². The molecule has 17 heavy (non-hydrogen) atoms. The number of hydrogen-bond acceptors (Lipinski definition) is 3. The highest BCUT2D eigenvalue weighted by Crippen LogP contribution is 1.99. The first-order valence-electron chi connectivity index (χ1n) is 6.10. The summed E-state index contributed by atoms with van der Waals surface area (Å²) in [7, 11) is 0. The Morgan fingerprint density at radius 2 is 2.18 bits per heavy atom. The summed E-state index contributed by atoms with van der Waals surface area (Å²) in [5, 5.41) is 11.8. The molecule has 0 saturated heterocycles. The third-order valence-corrected chi connectivity index (χ3v) is 2.56. The van der Waals surface area contributed by atoms with E-state index in [1.807, 2.05) is 12.3 Å². The smallest absolute Gasteiger partial charge is 0.303 e. The number of aromatic nitrogens is 1. The van der Waals surface area contributed by atoms with Crippen LogP contribution in [0.3, 0.4) is 0 Å². The van der Waals surface area contributed by atoms with Crippen molar-refractivity contribution in [2.24, 2.45) is 0 Å². The molecule has 1 aromatic heterocycles. The number of rotatable bonds is 9. The minimum atomic E-state index is -0.700. The quantitative estimate of drug-likeness (QED) is 0.642. The lowest BCUT2D eigenvalue weighted by Crippen LogP contribution is -2.18. The Balaban J connectivity index is 1.90.